The maximum Gasteiger partial charge on any atom is 0.373 e. The molecule has 0 spiro atoms. The average Bonchev–Trinajstić information content (AvgIpc) is 2.62. The highest BCUT2D eigenvalue weighted by molar-refractivity contribution is 5.94. The van der Waals surface area contributed by atoms with Crippen molar-refractivity contribution in [2.45, 2.75) is 51.4 Å². The van der Waals surface area contributed by atoms with E-state index in [1.54, 1.807) is 6.08 Å². The summed E-state index contributed by atoms with van der Waals surface area (Å²) in [5, 5.41) is 0. The van der Waals surface area contributed by atoms with E-state index in [9.17, 15) is 9.59 Å². The van der Waals surface area contributed by atoms with E-state index in [-0.39, 0.29) is 17.6 Å². The first-order valence-electron chi connectivity index (χ1n) is 8.68. The lowest BCUT2D eigenvalue weighted by Crippen LogP contribution is -2.46. The fourth-order valence-corrected chi connectivity index (χ4v) is 3.53. The van der Waals surface area contributed by atoms with Gasteiger partial charge in [-0.3, -0.25) is 4.79 Å². The van der Waals surface area contributed by atoms with Gasteiger partial charge in [-0.2, -0.15) is 0 Å². The van der Waals surface area contributed by atoms with Crippen LogP contribution < -0.4 is 0 Å². The third-order valence-corrected chi connectivity index (χ3v) is 4.90. The van der Waals surface area contributed by atoms with E-state index < -0.39 is 11.4 Å². The molecule has 4 nitrogen and oxygen atoms in total. The molecule has 0 aromatic heterocycles. The Kier molecular flexibility index (Phi) is 6.18. The second-order valence-electron chi connectivity index (χ2n) is 6.21. The van der Waals surface area contributed by atoms with Gasteiger partial charge in [0.2, 0.25) is 5.76 Å². The molecule has 1 aromatic carbocycles. The molecule has 0 aliphatic carbocycles. The summed E-state index contributed by atoms with van der Waals surface area (Å²) in [6, 6.07) is 9.73. The highest BCUT2D eigenvalue weighted by atomic mass is 16.6. The summed E-state index contributed by atoms with van der Waals surface area (Å²) in [6.07, 6.45) is 6.47. The number of carbonyl (C=O) groups excluding carboxylic acids is 2. The number of benzene rings is 1. The molecule has 0 amide bonds. The lowest BCUT2D eigenvalue weighted by Gasteiger charge is -2.40. The smallest absolute Gasteiger partial charge is 0.373 e. The largest absolute Gasteiger partial charge is 0.463 e. The van der Waals surface area contributed by atoms with E-state index in [0.717, 1.165) is 31.2 Å². The van der Waals surface area contributed by atoms with Gasteiger partial charge in [0.25, 0.3) is 0 Å². The standard InChI is InChI=1S/C20H26O4/c1-4-6-8-13-16-14-17(18(21)23-3)24-19(22)20(16,5-2)15-11-9-7-10-12-15/h7,9-12,14,16H,4-6,8,13H2,1-3H3/t16-,20-/m0/s1. The molecule has 0 unspecified atom stereocenters. The van der Waals surface area contributed by atoms with E-state index in [4.69, 9.17) is 9.47 Å². The molecule has 130 valence electrons. The van der Waals surface area contributed by atoms with E-state index in [1.165, 1.54) is 7.11 Å². The zero-order chi connectivity index (χ0) is 17.6. The van der Waals surface area contributed by atoms with Gasteiger partial charge >= 0.3 is 11.9 Å². The van der Waals surface area contributed by atoms with Crippen LogP contribution in [0.15, 0.2) is 42.2 Å². The number of hydrogen-bond acceptors (Lipinski definition) is 4. The number of esters is 2. The van der Waals surface area contributed by atoms with Crippen LogP contribution in [-0.2, 0) is 24.5 Å². The maximum atomic E-state index is 13.0. The molecule has 0 saturated carbocycles. The molecule has 0 saturated heterocycles. The number of rotatable bonds is 7. The van der Waals surface area contributed by atoms with Gasteiger partial charge in [-0.1, -0.05) is 63.4 Å². The average molecular weight is 330 g/mol. The minimum Gasteiger partial charge on any atom is -0.463 e. The minimum absolute atomic E-state index is 0.0176. The van der Waals surface area contributed by atoms with Crippen LogP contribution in [0.4, 0.5) is 0 Å². The Hall–Kier alpha value is -2.10. The molecule has 0 N–H and O–H groups in total. The predicted octanol–water partition coefficient (Wildman–Crippen LogP) is 4.14. The lowest BCUT2D eigenvalue weighted by atomic mass is 9.65. The van der Waals surface area contributed by atoms with Crippen molar-refractivity contribution in [3.63, 3.8) is 0 Å². The zero-order valence-corrected chi connectivity index (χ0v) is 14.7. The number of unbranched alkanes of at least 4 members (excludes halogenated alkanes) is 2. The Bertz CT molecular complexity index is 605. The van der Waals surface area contributed by atoms with Crippen molar-refractivity contribution < 1.29 is 19.1 Å². The van der Waals surface area contributed by atoms with E-state index >= 15 is 0 Å². The van der Waals surface area contributed by atoms with Crippen molar-refractivity contribution in [2.75, 3.05) is 7.11 Å². The first-order chi connectivity index (χ1) is 11.6. The monoisotopic (exact) mass is 330 g/mol. The highest BCUT2D eigenvalue weighted by Gasteiger charge is 2.50. The first kappa shape index (κ1) is 18.2. The second-order valence-corrected chi connectivity index (χ2v) is 6.21. The van der Waals surface area contributed by atoms with Crippen LogP contribution in [0.2, 0.25) is 0 Å². The second kappa shape index (κ2) is 8.13. The molecule has 0 bridgehead atoms. The number of allylic oxidation sites excluding steroid dienone is 1. The highest BCUT2D eigenvalue weighted by Crippen LogP contribution is 2.44. The topological polar surface area (TPSA) is 52.6 Å². The van der Waals surface area contributed by atoms with Crippen molar-refractivity contribution in [2.24, 2.45) is 5.92 Å². The van der Waals surface area contributed by atoms with Crippen LogP contribution in [-0.4, -0.2) is 19.0 Å². The van der Waals surface area contributed by atoms with Crippen molar-refractivity contribution in [1.82, 2.24) is 0 Å². The molecule has 1 aliphatic rings. The molecule has 2 atom stereocenters. The van der Waals surface area contributed by atoms with Gasteiger partial charge in [0.1, 0.15) is 0 Å². The van der Waals surface area contributed by atoms with E-state index in [0.29, 0.717) is 6.42 Å². The Morgan fingerprint density at radius 1 is 1.21 bits per heavy atom. The van der Waals surface area contributed by atoms with Crippen LogP contribution in [0.3, 0.4) is 0 Å². The molecule has 0 radical (unpaired) electrons. The van der Waals surface area contributed by atoms with Crippen LogP contribution in [0.5, 0.6) is 0 Å². The van der Waals surface area contributed by atoms with Crippen LogP contribution in [0, 0.1) is 5.92 Å². The zero-order valence-electron chi connectivity index (χ0n) is 14.7. The van der Waals surface area contributed by atoms with Crippen molar-refractivity contribution in [1.29, 1.82) is 0 Å². The molecule has 24 heavy (non-hydrogen) atoms. The number of ether oxygens (including phenoxy) is 2. The van der Waals surface area contributed by atoms with Gasteiger partial charge in [0.05, 0.1) is 12.5 Å². The third kappa shape index (κ3) is 3.37. The van der Waals surface area contributed by atoms with Gasteiger partial charge in [-0.15, -0.1) is 0 Å². The quantitative estimate of drug-likeness (QED) is 0.557. The molecule has 2 rings (SSSR count). The fourth-order valence-electron chi connectivity index (χ4n) is 3.53. The molecule has 0 fully saturated rings. The maximum absolute atomic E-state index is 13.0. The molecule has 1 heterocycles. The summed E-state index contributed by atoms with van der Waals surface area (Å²) in [6.45, 7) is 4.15. The normalized spacial score (nSPS) is 23.4. The van der Waals surface area contributed by atoms with Crippen LogP contribution in [0.1, 0.15) is 51.5 Å². The Morgan fingerprint density at radius 3 is 2.50 bits per heavy atom. The van der Waals surface area contributed by atoms with Gasteiger partial charge in [0, 0.05) is 5.92 Å². The first-order valence-corrected chi connectivity index (χ1v) is 8.68. The van der Waals surface area contributed by atoms with Crippen molar-refractivity contribution >= 4 is 11.9 Å². The Balaban J connectivity index is 2.47. The summed E-state index contributed by atoms with van der Waals surface area (Å²) in [5.74, 6) is -1.02. The molecule has 4 heteroatoms. The van der Waals surface area contributed by atoms with Crippen molar-refractivity contribution in [3.05, 3.63) is 47.7 Å². The van der Waals surface area contributed by atoms with Gasteiger partial charge in [0.15, 0.2) is 0 Å². The Morgan fingerprint density at radius 2 is 1.92 bits per heavy atom. The summed E-state index contributed by atoms with van der Waals surface area (Å²) in [4.78, 5) is 24.8. The number of cyclic esters (lactones) is 1. The minimum atomic E-state index is -0.744. The Labute approximate surface area is 143 Å². The number of carbonyl (C=O) groups is 2. The van der Waals surface area contributed by atoms with Gasteiger partial charge in [-0.25, -0.2) is 4.79 Å². The fraction of sp³-hybridized carbons (Fsp3) is 0.500. The van der Waals surface area contributed by atoms with Gasteiger partial charge < -0.3 is 9.47 Å². The summed E-state index contributed by atoms with van der Waals surface area (Å²) >= 11 is 0. The molecular weight excluding hydrogens is 304 g/mol. The molecule has 1 aliphatic heterocycles. The van der Waals surface area contributed by atoms with E-state index in [2.05, 4.69) is 6.92 Å². The summed E-state index contributed by atoms with van der Waals surface area (Å²) in [5.41, 5.74) is 0.200. The third-order valence-electron chi connectivity index (χ3n) is 4.90. The number of methoxy groups -OCH3 is 1. The van der Waals surface area contributed by atoms with Crippen LogP contribution in [0.25, 0.3) is 0 Å². The molecule has 1 aromatic rings. The predicted molar refractivity (Wildman–Crippen MR) is 92.2 cm³/mol. The number of hydrogen-bond donors (Lipinski definition) is 0. The SMILES string of the molecule is CCCCC[C@H]1C=C(C(=O)OC)OC(=O)[C@@]1(CC)c1ccccc1. The van der Waals surface area contributed by atoms with Crippen LogP contribution >= 0.6 is 0 Å². The lowest BCUT2D eigenvalue weighted by molar-refractivity contribution is -0.158. The molecular formula is C20H26O4. The van der Waals surface area contributed by atoms with E-state index in [1.807, 2.05) is 37.3 Å². The van der Waals surface area contributed by atoms with Gasteiger partial charge in [-0.05, 0) is 24.5 Å². The summed E-state index contributed by atoms with van der Waals surface area (Å²) < 4.78 is 10.1. The summed E-state index contributed by atoms with van der Waals surface area (Å²) in [7, 11) is 1.29. The van der Waals surface area contributed by atoms with Crippen molar-refractivity contribution in [3.8, 4) is 0 Å².